The van der Waals surface area contributed by atoms with E-state index in [2.05, 4.69) is 15.6 Å². The van der Waals surface area contributed by atoms with Crippen LogP contribution < -0.4 is 10.6 Å². The average molecular weight is 378 g/mol. The number of carbonyl (C=O) groups is 2. The number of nitro groups is 1. The molecule has 1 aromatic carbocycles. The number of thioether (sulfide) groups is 1. The minimum atomic E-state index is -0.572. The van der Waals surface area contributed by atoms with E-state index in [-0.39, 0.29) is 24.1 Å². The highest BCUT2D eigenvalue weighted by atomic mass is 32.2. The first kappa shape index (κ1) is 18.3. The smallest absolute Gasteiger partial charge is 0.271 e. The zero-order valence-corrected chi connectivity index (χ0v) is 14.7. The first-order valence-corrected chi connectivity index (χ1v) is 9.07. The van der Waals surface area contributed by atoms with Crippen molar-refractivity contribution in [2.75, 3.05) is 18.5 Å². The van der Waals surface area contributed by atoms with E-state index < -0.39 is 16.1 Å². The summed E-state index contributed by atoms with van der Waals surface area (Å²) < 4.78 is 5.48. The highest BCUT2D eigenvalue weighted by molar-refractivity contribution is 8.15. The summed E-state index contributed by atoms with van der Waals surface area (Å²) >= 11 is 1.21. The van der Waals surface area contributed by atoms with Crippen molar-refractivity contribution in [1.29, 1.82) is 0 Å². The van der Waals surface area contributed by atoms with Gasteiger partial charge in [0.15, 0.2) is 5.17 Å². The van der Waals surface area contributed by atoms with Gasteiger partial charge in [0.05, 0.1) is 17.6 Å². The van der Waals surface area contributed by atoms with E-state index in [1.165, 1.54) is 30.0 Å². The molecular weight excluding hydrogens is 360 g/mol. The summed E-state index contributed by atoms with van der Waals surface area (Å²) in [5, 5.41) is 15.9. The molecule has 2 unspecified atom stereocenters. The van der Waals surface area contributed by atoms with Crippen LogP contribution in [0, 0.1) is 10.1 Å². The van der Waals surface area contributed by atoms with Crippen molar-refractivity contribution in [3.8, 4) is 0 Å². The number of benzene rings is 1. The first-order valence-electron chi connectivity index (χ1n) is 8.19. The standard InChI is InChI=1S/C16H18N4O5S/c21-14(18-10-3-1-4-11(7-10)20(23)24)8-13-15(22)19-16(26-13)17-9-12-5-2-6-25-12/h1,3-4,7,12-13H,2,5-6,8-9H2,(H,18,21)(H,17,19,22). The van der Waals surface area contributed by atoms with E-state index in [9.17, 15) is 19.7 Å². The van der Waals surface area contributed by atoms with Crippen LogP contribution in [0.25, 0.3) is 0 Å². The Morgan fingerprint density at radius 1 is 1.50 bits per heavy atom. The fourth-order valence-electron chi connectivity index (χ4n) is 2.67. The van der Waals surface area contributed by atoms with E-state index in [0.717, 1.165) is 19.4 Å². The highest BCUT2D eigenvalue weighted by Crippen LogP contribution is 2.24. The number of nitrogens with zero attached hydrogens (tertiary/aromatic N) is 2. The van der Waals surface area contributed by atoms with Crippen molar-refractivity contribution in [2.24, 2.45) is 4.99 Å². The second-order valence-corrected chi connectivity index (χ2v) is 7.13. The van der Waals surface area contributed by atoms with Gasteiger partial charge < -0.3 is 15.4 Å². The number of hydrogen-bond acceptors (Lipinski definition) is 7. The third kappa shape index (κ3) is 4.79. The third-order valence-electron chi connectivity index (χ3n) is 3.95. The van der Waals surface area contributed by atoms with Crippen LogP contribution in [-0.4, -0.2) is 46.4 Å². The van der Waals surface area contributed by atoms with Gasteiger partial charge in [0.1, 0.15) is 5.25 Å². The maximum atomic E-state index is 12.1. The first-order chi connectivity index (χ1) is 12.5. The largest absolute Gasteiger partial charge is 0.376 e. The lowest BCUT2D eigenvalue weighted by Crippen LogP contribution is -2.28. The number of nitro benzene ring substituents is 1. The summed E-state index contributed by atoms with van der Waals surface area (Å²) in [5.41, 5.74) is 0.208. The molecule has 2 fully saturated rings. The SMILES string of the molecule is O=C(CC1SC(=NCC2CCCO2)NC1=O)Nc1cccc([N+](=O)[O-])c1. The lowest BCUT2D eigenvalue weighted by Gasteiger charge is -2.07. The molecule has 0 spiro atoms. The summed E-state index contributed by atoms with van der Waals surface area (Å²) in [6.45, 7) is 1.24. The molecular formula is C16H18N4O5S. The number of carbonyl (C=O) groups excluding carboxylic acids is 2. The van der Waals surface area contributed by atoms with E-state index in [1.807, 2.05) is 0 Å². The molecule has 2 atom stereocenters. The number of nitrogens with one attached hydrogen (secondary N) is 2. The Morgan fingerprint density at radius 2 is 2.35 bits per heavy atom. The van der Waals surface area contributed by atoms with Gasteiger partial charge in [-0.2, -0.15) is 0 Å². The molecule has 0 aliphatic carbocycles. The lowest BCUT2D eigenvalue weighted by molar-refractivity contribution is -0.384. The molecule has 9 nitrogen and oxygen atoms in total. The van der Waals surface area contributed by atoms with Crippen molar-refractivity contribution < 1.29 is 19.2 Å². The maximum Gasteiger partial charge on any atom is 0.271 e. The van der Waals surface area contributed by atoms with Gasteiger partial charge in [-0.3, -0.25) is 24.7 Å². The van der Waals surface area contributed by atoms with E-state index in [4.69, 9.17) is 4.74 Å². The fourth-order valence-corrected chi connectivity index (χ4v) is 3.64. The Kier molecular flexibility index (Phi) is 5.84. The van der Waals surface area contributed by atoms with Crippen LogP contribution in [0.5, 0.6) is 0 Å². The molecule has 26 heavy (non-hydrogen) atoms. The predicted octanol–water partition coefficient (Wildman–Crippen LogP) is 1.69. The average Bonchev–Trinajstić information content (AvgIpc) is 3.23. The highest BCUT2D eigenvalue weighted by Gasteiger charge is 2.32. The number of amidine groups is 1. The zero-order valence-electron chi connectivity index (χ0n) is 13.8. The summed E-state index contributed by atoms with van der Waals surface area (Å²) in [5.74, 6) is -0.659. The number of hydrogen-bond donors (Lipinski definition) is 2. The topological polar surface area (TPSA) is 123 Å². The maximum absolute atomic E-state index is 12.1. The second-order valence-electron chi connectivity index (χ2n) is 5.94. The van der Waals surface area contributed by atoms with Gasteiger partial charge in [0.25, 0.3) is 5.69 Å². The quantitative estimate of drug-likeness (QED) is 0.574. The van der Waals surface area contributed by atoms with Crippen LogP contribution in [0.3, 0.4) is 0 Å². The van der Waals surface area contributed by atoms with E-state index >= 15 is 0 Å². The van der Waals surface area contributed by atoms with Gasteiger partial charge in [-0.25, -0.2) is 0 Å². The summed E-state index contributed by atoms with van der Waals surface area (Å²) in [6, 6.07) is 5.66. The summed E-state index contributed by atoms with van der Waals surface area (Å²) in [4.78, 5) is 38.7. The van der Waals surface area contributed by atoms with Crippen molar-refractivity contribution in [3.63, 3.8) is 0 Å². The normalized spacial score (nSPS) is 23.8. The van der Waals surface area contributed by atoms with Gasteiger partial charge in [0, 0.05) is 30.8 Å². The van der Waals surface area contributed by atoms with Crippen molar-refractivity contribution in [3.05, 3.63) is 34.4 Å². The van der Waals surface area contributed by atoms with Gasteiger partial charge in [-0.05, 0) is 18.9 Å². The number of rotatable bonds is 6. The summed E-state index contributed by atoms with van der Waals surface area (Å²) in [6.07, 6.45) is 2.04. The fraction of sp³-hybridized carbons (Fsp3) is 0.438. The van der Waals surface area contributed by atoms with Crippen LogP contribution in [-0.2, 0) is 14.3 Å². The van der Waals surface area contributed by atoms with Gasteiger partial charge in [-0.15, -0.1) is 0 Å². The number of aliphatic imine (C=N–C) groups is 1. The molecule has 1 aromatic rings. The van der Waals surface area contributed by atoms with E-state index in [0.29, 0.717) is 17.4 Å². The van der Waals surface area contributed by atoms with Gasteiger partial charge in [-0.1, -0.05) is 17.8 Å². The molecule has 2 aliphatic rings. The zero-order chi connectivity index (χ0) is 18.5. The molecule has 138 valence electrons. The number of amides is 2. The number of ether oxygens (including phenoxy) is 1. The van der Waals surface area contributed by atoms with Crippen LogP contribution in [0.4, 0.5) is 11.4 Å². The Hall–Kier alpha value is -2.46. The molecule has 0 saturated carbocycles. The van der Waals surface area contributed by atoms with Crippen molar-refractivity contribution in [1.82, 2.24) is 5.32 Å². The van der Waals surface area contributed by atoms with Crippen LogP contribution in [0.2, 0.25) is 0 Å². The third-order valence-corrected chi connectivity index (χ3v) is 5.07. The minimum absolute atomic E-state index is 0.0435. The monoisotopic (exact) mass is 378 g/mol. The number of anilines is 1. The van der Waals surface area contributed by atoms with Crippen molar-refractivity contribution in [2.45, 2.75) is 30.6 Å². The molecule has 2 amide bonds. The molecule has 0 aromatic heterocycles. The lowest BCUT2D eigenvalue weighted by atomic mass is 10.2. The Morgan fingerprint density at radius 3 is 3.08 bits per heavy atom. The molecule has 2 N–H and O–H groups in total. The van der Waals surface area contributed by atoms with Crippen LogP contribution in [0.15, 0.2) is 29.3 Å². The minimum Gasteiger partial charge on any atom is -0.376 e. The molecule has 2 aliphatic heterocycles. The van der Waals surface area contributed by atoms with Gasteiger partial charge >= 0.3 is 0 Å². The molecule has 3 rings (SSSR count). The van der Waals surface area contributed by atoms with Gasteiger partial charge in [0.2, 0.25) is 11.8 Å². The predicted molar refractivity (Wildman–Crippen MR) is 97.1 cm³/mol. The molecule has 10 heteroatoms. The molecule has 0 bridgehead atoms. The molecule has 2 heterocycles. The molecule has 2 saturated heterocycles. The summed E-state index contributed by atoms with van der Waals surface area (Å²) in [7, 11) is 0. The van der Waals surface area contributed by atoms with E-state index in [1.54, 1.807) is 6.07 Å². The molecule has 0 radical (unpaired) electrons. The Balaban J connectivity index is 1.52. The number of non-ortho nitro benzene ring substituents is 1. The van der Waals surface area contributed by atoms with Crippen LogP contribution >= 0.6 is 11.8 Å². The second kappa shape index (κ2) is 8.28. The van der Waals surface area contributed by atoms with Crippen molar-refractivity contribution >= 4 is 40.1 Å². The van der Waals surface area contributed by atoms with Crippen LogP contribution in [0.1, 0.15) is 19.3 Å². The Bertz CT molecular complexity index is 748. The Labute approximate surface area is 153 Å².